The lowest BCUT2D eigenvalue weighted by Gasteiger charge is -2.58. The smallest absolute Gasteiger partial charge is 0.322 e. The number of amides is 3. The van der Waals surface area contributed by atoms with E-state index in [1.165, 1.54) is 6.20 Å². The number of para-hydroxylation sites is 1. The number of carbonyl (C=O) groups is 2. The standard InChI is InChI=1S/C21H24N4O3/c1-13(2)23-21(28)24-11-17-19(15-7-3-4-8-16(15)24)18(12-26)25(17)20(27)14-6-5-9-22-10-14/h3-10,13,17-19,26H,11-12H2,1-2H3,(H,23,28)/t17-,18-,19+/m1/s1. The van der Waals surface area contributed by atoms with Gasteiger partial charge in [0.2, 0.25) is 0 Å². The Balaban J connectivity index is 1.69. The van der Waals surface area contributed by atoms with E-state index in [9.17, 15) is 14.7 Å². The first-order valence-electron chi connectivity index (χ1n) is 9.53. The lowest BCUT2D eigenvalue weighted by atomic mass is 9.71. The Hall–Kier alpha value is -2.93. The molecule has 7 nitrogen and oxygen atoms in total. The molecule has 0 bridgehead atoms. The van der Waals surface area contributed by atoms with Gasteiger partial charge in [-0.25, -0.2) is 4.79 Å². The molecular weight excluding hydrogens is 356 g/mol. The molecule has 0 aliphatic carbocycles. The van der Waals surface area contributed by atoms with Gasteiger partial charge < -0.3 is 15.3 Å². The molecule has 3 atom stereocenters. The molecule has 2 aromatic rings. The summed E-state index contributed by atoms with van der Waals surface area (Å²) < 4.78 is 0. The summed E-state index contributed by atoms with van der Waals surface area (Å²) >= 11 is 0. The number of nitrogens with zero attached hydrogens (tertiary/aromatic N) is 3. The van der Waals surface area contributed by atoms with Gasteiger partial charge in [-0.05, 0) is 37.6 Å². The van der Waals surface area contributed by atoms with Crippen molar-refractivity contribution in [3.63, 3.8) is 0 Å². The molecule has 146 valence electrons. The maximum Gasteiger partial charge on any atom is 0.322 e. The minimum absolute atomic E-state index is 0.00456. The van der Waals surface area contributed by atoms with Crippen molar-refractivity contribution in [3.8, 4) is 0 Å². The van der Waals surface area contributed by atoms with Crippen LogP contribution in [-0.4, -0.2) is 58.2 Å². The van der Waals surface area contributed by atoms with Crippen molar-refractivity contribution in [2.45, 2.75) is 37.9 Å². The Kier molecular flexibility index (Phi) is 4.77. The van der Waals surface area contributed by atoms with Gasteiger partial charge in [-0.2, -0.15) is 0 Å². The molecule has 0 radical (unpaired) electrons. The third-order valence-corrected chi connectivity index (χ3v) is 5.49. The van der Waals surface area contributed by atoms with Gasteiger partial charge in [0.05, 0.1) is 24.3 Å². The van der Waals surface area contributed by atoms with Gasteiger partial charge in [-0.3, -0.25) is 14.7 Å². The molecule has 28 heavy (non-hydrogen) atoms. The number of benzene rings is 1. The number of aliphatic hydroxyl groups excluding tert-OH is 1. The average Bonchev–Trinajstić information content (AvgIpc) is 2.68. The molecule has 1 saturated heterocycles. The molecule has 2 N–H and O–H groups in total. The zero-order valence-corrected chi connectivity index (χ0v) is 15.9. The Morgan fingerprint density at radius 2 is 2.04 bits per heavy atom. The molecule has 7 heteroatoms. The minimum atomic E-state index is -0.311. The summed E-state index contributed by atoms with van der Waals surface area (Å²) in [6.45, 7) is 4.10. The van der Waals surface area contributed by atoms with Crippen LogP contribution in [0.3, 0.4) is 0 Å². The first kappa shape index (κ1) is 18.4. The van der Waals surface area contributed by atoms with Crippen molar-refractivity contribution in [3.05, 3.63) is 59.9 Å². The number of aliphatic hydroxyl groups is 1. The van der Waals surface area contributed by atoms with E-state index in [1.54, 1.807) is 28.1 Å². The van der Waals surface area contributed by atoms with Crippen LogP contribution < -0.4 is 10.2 Å². The van der Waals surface area contributed by atoms with E-state index in [0.29, 0.717) is 12.1 Å². The van der Waals surface area contributed by atoms with Crippen LogP contribution in [-0.2, 0) is 0 Å². The maximum absolute atomic E-state index is 13.1. The van der Waals surface area contributed by atoms with Crippen LogP contribution in [0.4, 0.5) is 10.5 Å². The van der Waals surface area contributed by atoms with E-state index in [2.05, 4.69) is 10.3 Å². The van der Waals surface area contributed by atoms with E-state index < -0.39 is 0 Å². The van der Waals surface area contributed by atoms with Gasteiger partial charge in [0, 0.05) is 36.6 Å². The SMILES string of the molecule is CC(C)NC(=O)N1C[C@@H]2[C@H](c3ccccc31)[C@@H](CO)N2C(=O)c1cccnc1. The molecule has 3 heterocycles. The molecule has 2 aliphatic heterocycles. The van der Waals surface area contributed by atoms with Gasteiger partial charge in [0.25, 0.3) is 5.91 Å². The van der Waals surface area contributed by atoms with Gasteiger partial charge in [0.1, 0.15) is 0 Å². The minimum Gasteiger partial charge on any atom is -0.394 e. The first-order chi connectivity index (χ1) is 13.5. The van der Waals surface area contributed by atoms with Crippen molar-refractivity contribution in [2.75, 3.05) is 18.1 Å². The van der Waals surface area contributed by atoms with Crippen LogP contribution in [0.15, 0.2) is 48.8 Å². The van der Waals surface area contributed by atoms with Crippen molar-refractivity contribution >= 4 is 17.6 Å². The molecule has 0 spiro atoms. The third-order valence-electron chi connectivity index (χ3n) is 5.49. The lowest BCUT2D eigenvalue weighted by molar-refractivity contribution is -0.0243. The fraction of sp³-hybridized carbons (Fsp3) is 0.381. The highest BCUT2D eigenvalue weighted by Gasteiger charge is 2.55. The number of rotatable bonds is 3. The molecule has 3 amide bonds. The second kappa shape index (κ2) is 7.24. The number of fused-ring (bicyclic) bond motifs is 3. The highest BCUT2D eigenvalue weighted by molar-refractivity contribution is 5.97. The zero-order chi connectivity index (χ0) is 19.8. The number of anilines is 1. The number of hydrogen-bond donors (Lipinski definition) is 2. The fourth-order valence-corrected chi connectivity index (χ4v) is 4.32. The van der Waals surface area contributed by atoms with E-state index >= 15 is 0 Å². The predicted octanol–water partition coefficient (Wildman–Crippen LogP) is 1.99. The molecule has 1 fully saturated rings. The number of hydrogen-bond acceptors (Lipinski definition) is 4. The summed E-state index contributed by atoms with van der Waals surface area (Å²) in [4.78, 5) is 33.3. The second-order valence-corrected chi connectivity index (χ2v) is 7.57. The summed E-state index contributed by atoms with van der Waals surface area (Å²) in [5, 5.41) is 12.9. The maximum atomic E-state index is 13.1. The van der Waals surface area contributed by atoms with Crippen molar-refractivity contribution in [1.82, 2.24) is 15.2 Å². The summed E-state index contributed by atoms with van der Waals surface area (Å²) in [6, 6.07) is 10.5. The Labute approximate surface area is 164 Å². The van der Waals surface area contributed by atoms with Gasteiger partial charge in [-0.1, -0.05) is 18.2 Å². The Morgan fingerprint density at radius 1 is 1.25 bits per heavy atom. The van der Waals surface area contributed by atoms with Gasteiger partial charge >= 0.3 is 6.03 Å². The van der Waals surface area contributed by atoms with Crippen LogP contribution >= 0.6 is 0 Å². The third kappa shape index (κ3) is 2.92. The molecule has 0 unspecified atom stereocenters. The molecular formula is C21H24N4O3. The van der Waals surface area contributed by atoms with E-state index in [0.717, 1.165) is 11.3 Å². The van der Waals surface area contributed by atoms with E-state index in [4.69, 9.17) is 0 Å². The number of aromatic nitrogens is 1. The van der Waals surface area contributed by atoms with Gasteiger partial charge in [-0.15, -0.1) is 0 Å². The Bertz CT molecular complexity index is 886. The quantitative estimate of drug-likeness (QED) is 0.853. The van der Waals surface area contributed by atoms with E-state index in [1.807, 2.05) is 38.1 Å². The number of carbonyl (C=O) groups excluding carboxylic acids is 2. The summed E-state index contributed by atoms with van der Waals surface area (Å²) in [6.07, 6.45) is 3.15. The lowest BCUT2D eigenvalue weighted by Crippen LogP contribution is -2.71. The topological polar surface area (TPSA) is 85.8 Å². The van der Waals surface area contributed by atoms with Crippen LogP contribution in [0.25, 0.3) is 0 Å². The van der Waals surface area contributed by atoms with Crippen molar-refractivity contribution in [1.29, 1.82) is 0 Å². The molecule has 1 aromatic carbocycles. The monoisotopic (exact) mass is 380 g/mol. The summed E-state index contributed by atoms with van der Waals surface area (Å²) in [7, 11) is 0. The molecule has 0 saturated carbocycles. The largest absolute Gasteiger partial charge is 0.394 e. The highest BCUT2D eigenvalue weighted by Crippen LogP contribution is 2.48. The van der Waals surface area contributed by atoms with Crippen molar-refractivity contribution in [2.24, 2.45) is 0 Å². The van der Waals surface area contributed by atoms with Crippen LogP contribution in [0.5, 0.6) is 0 Å². The van der Waals surface area contributed by atoms with E-state index in [-0.39, 0.29) is 42.6 Å². The first-order valence-corrected chi connectivity index (χ1v) is 9.53. The van der Waals surface area contributed by atoms with Crippen LogP contribution in [0.2, 0.25) is 0 Å². The van der Waals surface area contributed by atoms with Gasteiger partial charge in [0.15, 0.2) is 0 Å². The average molecular weight is 380 g/mol. The second-order valence-electron chi connectivity index (χ2n) is 7.57. The Morgan fingerprint density at radius 3 is 2.71 bits per heavy atom. The molecule has 2 aliphatic rings. The number of urea groups is 1. The van der Waals surface area contributed by atoms with Crippen molar-refractivity contribution < 1.29 is 14.7 Å². The number of likely N-dealkylation sites (tertiary alicyclic amines) is 1. The normalized spacial score (nSPS) is 22.9. The summed E-state index contributed by atoms with van der Waals surface area (Å²) in [5.41, 5.74) is 2.32. The predicted molar refractivity (Wildman–Crippen MR) is 105 cm³/mol. The van der Waals surface area contributed by atoms with Crippen LogP contribution in [0, 0.1) is 0 Å². The molecule has 1 aromatic heterocycles. The number of pyridine rings is 1. The number of nitrogens with one attached hydrogen (secondary N) is 1. The summed E-state index contributed by atoms with van der Waals surface area (Å²) in [5.74, 6) is -0.165. The van der Waals surface area contributed by atoms with Crippen LogP contribution in [0.1, 0.15) is 35.7 Å². The zero-order valence-electron chi connectivity index (χ0n) is 15.9. The highest BCUT2D eigenvalue weighted by atomic mass is 16.3. The fourth-order valence-electron chi connectivity index (χ4n) is 4.32. The molecule has 4 rings (SSSR count).